The van der Waals surface area contributed by atoms with E-state index in [9.17, 15) is 0 Å². The molecule has 0 amide bonds. The Labute approximate surface area is 129 Å². The van der Waals surface area contributed by atoms with Crippen molar-refractivity contribution in [2.75, 3.05) is 19.6 Å². The second-order valence-corrected chi connectivity index (χ2v) is 7.56. The number of fused-ring (bicyclic) bond motifs is 1. The average molecular weight is 286 g/mol. The fraction of sp³-hybridized carbons (Fsp3) is 0.684. The van der Waals surface area contributed by atoms with Crippen LogP contribution in [0.3, 0.4) is 0 Å². The molecule has 2 atom stereocenters. The summed E-state index contributed by atoms with van der Waals surface area (Å²) in [6.45, 7) is 10.8. The van der Waals surface area contributed by atoms with E-state index in [-0.39, 0.29) is 0 Å². The number of benzene rings is 1. The highest BCUT2D eigenvalue weighted by molar-refractivity contribution is 5.38. The first-order valence-electron chi connectivity index (χ1n) is 8.65. The third-order valence-electron chi connectivity index (χ3n) is 5.55. The van der Waals surface area contributed by atoms with E-state index in [1.54, 1.807) is 5.56 Å². The summed E-state index contributed by atoms with van der Waals surface area (Å²) in [6, 6.07) is 10.2. The van der Waals surface area contributed by atoms with Crippen molar-refractivity contribution in [3.8, 4) is 0 Å². The summed E-state index contributed by atoms with van der Waals surface area (Å²) in [5.41, 5.74) is 3.40. The van der Waals surface area contributed by atoms with Crippen LogP contribution in [0.1, 0.15) is 63.6 Å². The smallest absolute Gasteiger partial charge is 0.0324 e. The Morgan fingerprint density at radius 1 is 1.24 bits per heavy atom. The fourth-order valence-electron chi connectivity index (χ4n) is 4.05. The minimum atomic E-state index is 0.329. The van der Waals surface area contributed by atoms with Crippen molar-refractivity contribution in [1.29, 1.82) is 0 Å². The topological polar surface area (TPSA) is 15.3 Å². The predicted molar refractivity (Wildman–Crippen MR) is 89.7 cm³/mol. The van der Waals surface area contributed by atoms with Crippen molar-refractivity contribution < 1.29 is 0 Å². The van der Waals surface area contributed by atoms with Gasteiger partial charge in [0, 0.05) is 18.6 Å². The molecule has 1 aromatic rings. The van der Waals surface area contributed by atoms with Crippen LogP contribution in [0.15, 0.2) is 24.3 Å². The van der Waals surface area contributed by atoms with Gasteiger partial charge in [-0.2, -0.15) is 0 Å². The first-order chi connectivity index (χ1) is 10.1. The molecular formula is C19H30N2. The zero-order valence-corrected chi connectivity index (χ0v) is 13.9. The molecule has 0 saturated carbocycles. The lowest BCUT2D eigenvalue weighted by molar-refractivity contribution is 0.239. The molecule has 2 nitrogen and oxygen atoms in total. The normalized spacial score (nSPS) is 26.5. The van der Waals surface area contributed by atoms with Gasteiger partial charge in [-0.05, 0) is 62.2 Å². The number of hydrogen-bond donors (Lipinski definition) is 1. The Balaban J connectivity index is 1.66. The molecule has 1 fully saturated rings. The molecule has 116 valence electrons. The van der Waals surface area contributed by atoms with E-state index >= 15 is 0 Å². The van der Waals surface area contributed by atoms with Crippen LogP contribution in [0.25, 0.3) is 0 Å². The van der Waals surface area contributed by atoms with E-state index in [1.807, 2.05) is 0 Å². The number of likely N-dealkylation sites (tertiary alicyclic amines) is 1. The number of nitrogens with zero attached hydrogens (tertiary/aromatic N) is 1. The van der Waals surface area contributed by atoms with E-state index in [2.05, 4.69) is 55.3 Å². The van der Waals surface area contributed by atoms with E-state index in [1.165, 1.54) is 44.3 Å². The third kappa shape index (κ3) is 3.17. The van der Waals surface area contributed by atoms with Crippen molar-refractivity contribution in [3.63, 3.8) is 0 Å². The molecule has 21 heavy (non-hydrogen) atoms. The first kappa shape index (κ1) is 15.1. The maximum absolute atomic E-state index is 3.85. The quantitative estimate of drug-likeness (QED) is 0.904. The molecule has 0 aromatic heterocycles. The molecule has 1 aliphatic carbocycles. The molecule has 0 radical (unpaired) electrons. The molecule has 1 heterocycles. The van der Waals surface area contributed by atoms with Crippen LogP contribution in [0.5, 0.6) is 0 Å². The van der Waals surface area contributed by atoms with Crippen molar-refractivity contribution in [2.45, 2.75) is 64.0 Å². The highest BCUT2D eigenvalue weighted by atomic mass is 15.2. The molecular weight excluding hydrogens is 256 g/mol. The molecule has 2 heteroatoms. The molecule has 2 unspecified atom stereocenters. The first-order valence-corrected chi connectivity index (χ1v) is 8.65. The Morgan fingerprint density at radius 3 is 2.71 bits per heavy atom. The Morgan fingerprint density at radius 2 is 1.95 bits per heavy atom. The molecule has 1 aromatic carbocycles. The van der Waals surface area contributed by atoms with Crippen molar-refractivity contribution >= 4 is 0 Å². The highest BCUT2D eigenvalue weighted by Gasteiger charge is 2.32. The lowest BCUT2D eigenvalue weighted by Crippen LogP contribution is -2.41. The second kappa shape index (κ2) is 6.10. The minimum absolute atomic E-state index is 0.329. The van der Waals surface area contributed by atoms with E-state index in [0.29, 0.717) is 17.5 Å². The summed E-state index contributed by atoms with van der Waals surface area (Å²) >= 11 is 0. The van der Waals surface area contributed by atoms with E-state index in [4.69, 9.17) is 0 Å². The van der Waals surface area contributed by atoms with Gasteiger partial charge in [0.25, 0.3) is 0 Å². The maximum Gasteiger partial charge on any atom is 0.0324 e. The molecule has 0 spiro atoms. The van der Waals surface area contributed by atoms with Crippen LogP contribution < -0.4 is 5.32 Å². The standard InChI is InChI=1S/C19H30N2/c1-15(21-12-6-7-13-21)14-20-18-10-11-19(2,3)17-9-5-4-8-16(17)18/h4-5,8-9,15,18,20H,6-7,10-14H2,1-3H3. The molecule has 1 N–H and O–H groups in total. The Kier molecular flexibility index (Phi) is 4.37. The van der Waals surface area contributed by atoms with Crippen molar-refractivity contribution in [3.05, 3.63) is 35.4 Å². The Hall–Kier alpha value is -0.860. The molecule has 1 aliphatic heterocycles. The molecule has 1 saturated heterocycles. The van der Waals surface area contributed by atoms with Gasteiger partial charge in [-0.15, -0.1) is 0 Å². The van der Waals surface area contributed by atoms with Crippen LogP contribution >= 0.6 is 0 Å². The summed E-state index contributed by atoms with van der Waals surface area (Å²) in [6.07, 6.45) is 5.30. The zero-order chi connectivity index (χ0) is 14.9. The number of hydrogen-bond acceptors (Lipinski definition) is 2. The van der Waals surface area contributed by atoms with Gasteiger partial charge < -0.3 is 5.32 Å². The number of rotatable bonds is 4. The third-order valence-corrected chi connectivity index (χ3v) is 5.55. The van der Waals surface area contributed by atoms with Gasteiger partial charge >= 0.3 is 0 Å². The lowest BCUT2D eigenvalue weighted by atomic mass is 9.71. The van der Waals surface area contributed by atoms with E-state index < -0.39 is 0 Å². The van der Waals surface area contributed by atoms with E-state index in [0.717, 1.165) is 6.54 Å². The lowest BCUT2D eigenvalue weighted by Gasteiger charge is -2.38. The predicted octanol–water partition coefficient (Wildman–Crippen LogP) is 3.87. The van der Waals surface area contributed by atoms with Crippen LogP contribution in [-0.4, -0.2) is 30.6 Å². The van der Waals surface area contributed by atoms with Gasteiger partial charge in [0.1, 0.15) is 0 Å². The number of nitrogens with one attached hydrogen (secondary N) is 1. The van der Waals surface area contributed by atoms with Gasteiger partial charge in [0.05, 0.1) is 0 Å². The summed E-state index contributed by atoms with van der Waals surface area (Å²) in [7, 11) is 0. The zero-order valence-electron chi connectivity index (χ0n) is 13.9. The summed E-state index contributed by atoms with van der Waals surface area (Å²) < 4.78 is 0. The Bertz CT molecular complexity index is 474. The monoisotopic (exact) mass is 286 g/mol. The minimum Gasteiger partial charge on any atom is -0.308 e. The van der Waals surface area contributed by atoms with Gasteiger partial charge in [-0.3, -0.25) is 4.90 Å². The maximum atomic E-state index is 3.85. The summed E-state index contributed by atoms with van der Waals surface area (Å²) in [5, 5.41) is 3.85. The SMILES string of the molecule is CC(CNC1CCC(C)(C)c2ccccc21)N1CCCC1. The van der Waals surface area contributed by atoms with Gasteiger partial charge in [0.2, 0.25) is 0 Å². The second-order valence-electron chi connectivity index (χ2n) is 7.56. The molecule has 3 rings (SSSR count). The van der Waals surface area contributed by atoms with Gasteiger partial charge in [-0.1, -0.05) is 38.1 Å². The van der Waals surface area contributed by atoms with Crippen molar-refractivity contribution in [2.24, 2.45) is 0 Å². The molecule has 2 aliphatic rings. The van der Waals surface area contributed by atoms with Crippen LogP contribution in [-0.2, 0) is 5.41 Å². The summed E-state index contributed by atoms with van der Waals surface area (Å²) in [4.78, 5) is 2.63. The van der Waals surface area contributed by atoms with Crippen LogP contribution in [0, 0.1) is 0 Å². The van der Waals surface area contributed by atoms with Crippen LogP contribution in [0.4, 0.5) is 0 Å². The molecule has 0 bridgehead atoms. The fourth-order valence-corrected chi connectivity index (χ4v) is 4.05. The largest absolute Gasteiger partial charge is 0.308 e. The van der Waals surface area contributed by atoms with Crippen molar-refractivity contribution in [1.82, 2.24) is 10.2 Å². The average Bonchev–Trinajstić information content (AvgIpc) is 3.01. The van der Waals surface area contributed by atoms with Crippen LogP contribution in [0.2, 0.25) is 0 Å². The van der Waals surface area contributed by atoms with Gasteiger partial charge in [0.15, 0.2) is 0 Å². The summed E-state index contributed by atoms with van der Waals surface area (Å²) in [5.74, 6) is 0. The highest BCUT2D eigenvalue weighted by Crippen LogP contribution is 2.41. The van der Waals surface area contributed by atoms with Gasteiger partial charge in [-0.25, -0.2) is 0 Å².